The van der Waals surface area contributed by atoms with E-state index < -0.39 is 15.7 Å². The molecule has 0 amide bonds. The molecule has 1 saturated heterocycles. The van der Waals surface area contributed by atoms with Gasteiger partial charge in [0.25, 0.3) is 10.0 Å². The van der Waals surface area contributed by atoms with Crippen molar-refractivity contribution < 1.29 is 17.5 Å². The van der Waals surface area contributed by atoms with Crippen LogP contribution in [-0.4, -0.2) is 64.4 Å². The fraction of sp³-hybridized carbons (Fsp3) is 0.407. The average Bonchev–Trinajstić information content (AvgIpc) is 3.53. The van der Waals surface area contributed by atoms with Gasteiger partial charge in [0.15, 0.2) is 5.65 Å². The van der Waals surface area contributed by atoms with Crippen LogP contribution in [0.4, 0.5) is 4.39 Å². The van der Waals surface area contributed by atoms with E-state index in [4.69, 9.17) is 4.74 Å². The third-order valence-electron chi connectivity index (χ3n) is 7.75. The Bertz CT molecular complexity index is 1520. The number of alkyl halides is 1. The Morgan fingerprint density at radius 3 is 2.46 bits per heavy atom. The van der Waals surface area contributed by atoms with E-state index in [1.165, 1.54) is 10.2 Å². The Labute approximate surface area is 215 Å². The first-order chi connectivity index (χ1) is 17.8. The molecular weight excluding hydrogens is 493 g/mol. The lowest BCUT2D eigenvalue weighted by Crippen LogP contribution is -2.46. The van der Waals surface area contributed by atoms with Gasteiger partial charge in [0, 0.05) is 66.8 Å². The molecule has 4 aromatic rings. The second-order valence-corrected chi connectivity index (χ2v) is 11.8. The zero-order valence-electron chi connectivity index (χ0n) is 20.8. The fourth-order valence-electron chi connectivity index (χ4n) is 5.66. The smallest absolute Gasteiger partial charge is 0.269 e. The Morgan fingerprint density at radius 1 is 1.05 bits per heavy atom. The molecule has 1 saturated carbocycles. The molecule has 6 rings (SSSR count). The minimum absolute atomic E-state index is 0.166. The summed E-state index contributed by atoms with van der Waals surface area (Å²) in [6.45, 7) is 3.26. The van der Waals surface area contributed by atoms with Crippen LogP contribution in [0.3, 0.4) is 0 Å². The van der Waals surface area contributed by atoms with Gasteiger partial charge in [-0.2, -0.15) is 5.10 Å². The molecule has 8 nitrogen and oxygen atoms in total. The van der Waals surface area contributed by atoms with Gasteiger partial charge in [0.1, 0.15) is 5.67 Å². The molecule has 0 N–H and O–H groups in total. The number of morpholine rings is 1. The highest BCUT2D eigenvalue weighted by atomic mass is 32.2. The molecule has 1 aliphatic carbocycles. The maximum atomic E-state index is 16.4. The van der Waals surface area contributed by atoms with Crippen molar-refractivity contribution in [1.29, 1.82) is 0 Å². The van der Waals surface area contributed by atoms with E-state index in [0.29, 0.717) is 35.4 Å². The number of hydrogen-bond donors (Lipinski definition) is 0. The van der Waals surface area contributed by atoms with E-state index in [0.717, 1.165) is 44.7 Å². The van der Waals surface area contributed by atoms with Crippen LogP contribution >= 0.6 is 0 Å². The van der Waals surface area contributed by atoms with E-state index in [2.05, 4.69) is 15.0 Å². The van der Waals surface area contributed by atoms with Gasteiger partial charge in [0.05, 0.1) is 24.3 Å². The summed E-state index contributed by atoms with van der Waals surface area (Å²) in [5.74, 6) is 0. The molecule has 3 aromatic heterocycles. The van der Waals surface area contributed by atoms with Gasteiger partial charge in [-0.25, -0.2) is 21.8 Å². The topological polar surface area (TPSA) is 82.2 Å². The van der Waals surface area contributed by atoms with Crippen molar-refractivity contribution in [3.63, 3.8) is 0 Å². The minimum Gasteiger partial charge on any atom is -0.379 e. The molecule has 0 spiro atoms. The molecule has 0 unspecified atom stereocenters. The summed E-state index contributed by atoms with van der Waals surface area (Å²) in [7, 11) is -2.10. The maximum Gasteiger partial charge on any atom is 0.269 e. The van der Waals surface area contributed by atoms with Crippen LogP contribution in [0.1, 0.15) is 31.2 Å². The second-order valence-electron chi connectivity index (χ2n) is 10.00. The molecule has 37 heavy (non-hydrogen) atoms. The van der Waals surface area contributed by atoms with E-state index in [1.54, 1.807) is 60.5 Å². The minimum atomic E-state index is -3.90. The summed E-state index contributed by atoms with van der Waals surface area (Å²) in [6.07, 6.45) is 8.95. The molecular formula is C27H30FN5O3S. The molecule has 2 fully saturated rings. The van der Waals surface area contributed by atoms with Gasteiger partial charge in [-0.3, -0.25) is 9.58 Å². The number of aromatic nitrogens is 4. The molecule has 1 aromatic carbocycles. The zero-order valence-corrected chi connectivity index (χ0v) is 21.6. The number of aryl methyl sites for hydroxylation is 1. The summed E-state index contributed by atoms with van der Waals surface area (Å²) in [6, 6.07) is 10.4. The lowest BCUT2D eigenvalue weighted by atomic mass is 9.79. The maximum absolute atomic E-state index is 16.4. The third kappa shape index (κ3) is 4.36. The van der Waals surface area contributed by atoms with Crippen LogP contribution < -0.4 is 0 Å². The number of nitrogens with zero attached hydrogens (tertiary/aromatic N) is 5. The molecule has 0 radical (unpaired) electrons. The van der Waals surface area contributed by atoms with E-state index >= 15 is 4.39 Å². The summed E-state index contributed by atoms with van der Waals surface area (Å²) in [4.78, 5) is 7.13. The van der Waals surface area contributed by atoms with Gasteiger partial charge < -0.3 is 4.74 Å². The molecule has 2 aliphatic rings. The molecule has 0 bridgehead atoms. The summed E-state index contributed by atoms with van der Waals surface area (Å²) >= 11 is 0. The first-order valence-electron chi connectivity index (χ1n) is 12.7. The van der Waals surface area contributed by atoms with Crippen LogP contribution in [0.5, 0.6) is 0 Å². The van der Waals surface area contributed by atoms with Gasteiger partial charge >= 0.3 is 0 Å². The first-order valence-corrected chi connectivity index (χ1v) is 14.1. The predicted molar refractivity (Wildman–Crippen MR) is 138 cm³/mol. The molecule has 4 heterocycles. The molecule has 194 valence electrons. The van der Waals surface area contributed by atoms with Crippen LogP contribution in [0.2, 0.25) is 0 Å². The van der Waals surface area contributed by atoms with Crippen molar-refractivity contribution in [2.24, 2.45) is 7.05 Å². The van der Waals surface area contributed by atoms with E-state index in [1.807, 2.05) is 6.20 Å². The summed E-state index contributed by atoms with van der Waals surface area (Å²) in [5.41, 5.74) is 0.675. The van der Waals surface area contributed by atoms with Gasteiger partial charge in [-0.05, 0) is 43.9 Å². The number of hydrogen-bond acceptors (Lipinski definition) is 6. The van der Waals surface area contributed by atoms with Crippen molar-refractivity contribution in [3.8, 4) is 11.1 Å². The number of rotatable bonds is 5. The highest BCUT2D eigenvalue weighted by Gasteiger charge is 2.39. The van der Waals surface area contributed by atoms with Crippen LogP contribution in [0.15, 0.2) is 66.1 Å². The van der Waals surface area contributed by atoms with E-state index in [9.17, 15) is 8.42 Å². The molecule has 1 aliphatic heterocycles. The predicted octanol–water partition coefficient (Wildman–Crippen LogP) is 4.11. The number of pyridine rings is 1. The van der Waals surface area contributed by atoms with Gasteiger partial charge in [-0.1, -0.05) is 18.2 Å². The first kappa shape index (κ1) is 24.3. The van der Waals surface area contributed by atoms with E-state index in [-0.39, 0.29) is 10.5 Å². The largest absolute Gasteiger partial charge is 0.379 e. The highest BCUT2D eigenvalue weighted by molar-refractivity contribution is 7.90. The Hall–Kier alpha value is -3.08. The Kier molecular flexibility index (Phi) is 6.13. The lowest BCUT2D eigenvalue weighted by molar-refractivity contribution is -0.0116. The monoisotopic (exact) mass is 523 g/mol. The fourth-order valence-corrected chi connectivity index (χ4v) is 7.01. The number of benzene rings is 1. The summed E-state index contributed by atoms with van der Waals surface area (Å²) in [5, 5.41) is 4.85. The van der Waals surface area contributed by atoms with Crippen molar-refractivity contribution in [2.45, 2.75) is 42.3 Å². The normalized spacial score (nSPS) is 23.5. The van der Waals surface area contributed by atoms with Crippen molar-refractivity contribution >= 4 is 21.1 Å². The average molecular weight is 524 g/mol. The van der Waals surface area contributed by atoms with Gasteiger partial charge in [-0.15, -0.1) is 0 Å². The second kappa shape index (κ2) is 9.34. The quantitative estimate of drug-likeness (QED) is 0.392. The Morgan fingerprint density at radius 2 is 1.78 bits per heavy atom. The van der Waals surface area contributed by atoms with Crippen LogP contribution in [0, 0.1) is 0 Å². The molecule has 0 atom stereocenters. The SMILES string of the molecule is Cn1cc(-c2cn(S(=O)(=O)c3ccccc3)c3ncc([C@]4(F)CC[C@@H](N5CCOCC5)CC4)cc23)cn1. The lowest BCUT2D eigenvalue weighted by Gasteiger charge is -2.41. The Balaban J connectivity index is 1.40. The third-order valence-corrected chi connectivity index (χ3v) is 9.42. The number of ether oxygens (including phenoxy) is 1. The van der Waals surface area contributed by atoms with Crippen molar-refractivity contribution in [3.05, 3.63) is 66.7 Å². The number of fused-ring (bicyclic) bond motifs is 1. The molecule has 10 heteroatoms. The zero-order chi connectivity index (χ0) is 25.6. The van der Waals surface area contributed by atoms with Crippen molar-refractivity contribution in [1.82, 2.24) is 23.6 Å². The van der Waals surface area contributed by atoms with Crippen LogP contribution in [0.25, 0.3) is 22.2 Å². The van der Waals surface area contributed by atoms with Gasteiger partial charge in [0.2, 0.25) is 0 Å². The van der Waals surface area contributed by atoms with Crippen molar-refractivity contribution in [2.75, 3.05) is 26.3 Å². The number of halogens is 1. The highest BCUT2D eigenvalue weighted by Crippen LogP contribution is 2.44. The van der Waals surface area contributed by atoms with Crippen LogP contribution in [-0.2, 0) is 27.5 Å². The summed E-state index contributed by atoms with van der Waals surface area (Å²) < 4.78 is 51.8. The standard InChI is InChI=1S/C27H30FN5O3S/c1-31-18-20(16-30-31)25-19-33(37(34,35)23-5-3-2-4-6-23)26-24(25)15-21(17-29-26)27(28)9-7-22(8-10-27)32-11-13-36-14-12-32/h2-6,15-19,22H,7-14H2,1H3/t22-,27+.